The molecule has 3 aromatic heterocycles. The molecule has 3 rings (SSSR count). The van der Waals surface area contributed by atoms with E-state index in [-0.39, 0.29) is 5.75 Å². The Hall–Kier alpha value is -2.02. The number of aryl methyl sites for hydroxylation is 1. The highest BCUT2D eigenvalue weighted by Crippen LogP contribution is 2.26. The first-order valence-corrected chi connectivity index (χ1v) is 5.95. The third-order valence-corrected chi connectivity index (χ3v) is 3.29. The second kappa shape index (κ2) is 3.77. The van der Waals surface area contributed by atoms with Crippen molar-refractivity contribution in [2.45, 2.75) is 13.3 Å². The third-order valence-electron chi connectivity index (χ3n) is 2.34. The molecule has 3 heterocycles. The van der Waals surface area contributed by atoms with Gasteiger partial charge in [0.25, 0.3) is 0 Å². The van der Waals surface area contributed by atoms with Crippen LogP contribution in [0.3, 0.4) is 0 Å². The molecule has 17 heavy (non-hydrogen) atoms. The summed E-state index contributed by atoms with van der Waals surface area (Å²) in [6.07, 6.45) is 3.83. The molecule has 0 aliphatic rings. The van der Waals surface area contributed by atoms with Crippen molar-refractivity contribution in [2.75, 3.05) is 0 Å². The first-order valence-electron chi connectivity index (χ1n) is 5.13. The topological polar surface area (TPSA) is 76.2 Å². The predicted molar refractivity (Wildman–Crippen MR) is 62.9 cm³/mol. The van der Waals surface area contributed by atoms with Crippen molar-refractivity contribution in [3.63, 3.8) is 0 Å². The zero-order valence-electron chi connectivity index (χ0n) is 9.03. The van der Waals surface area contributed by atoms with Crippen LogP contribution in [0.1, 0.15) is 12.7 Å². The van der Waals surface area contributed by atoms with E-state index in [9.17, 15) is 5.11 Å². The Morgan fingerprint density at radius 2 is 2.24 bits per heavy atom. The Labute approximate surface area is 101 Å². The van der Waals surface area contributed by atoms with E-state index in [2.05, 4.69) is 20.3 Å². The van der Waals surface area contributed by atoms with E-state index in [0.29, 0.717) is 0 Å². The highest BCUT2D eigenvalue weighted by atomic mass is 32.1. The van der Waals surface area contributed by atoms with Gasteiger partial charge in [-0.25, -0.2) is 0 Å². The number of pyridine rings is 1. The number of aromatic nitrogens is 5. The standard InChI is InChI=1S/C10H9N5OS/c1-2-8-12-13-10-15(8)14-9(17-10)6-3-7(16)5-11-4-6/h3-5,16H,2H2,1H3. The fourth-order valence-corrected chi connectivity index (χ4v) is 2.38. The lowest BCUT2D eigenvalue weighted by molar-refractivity contribution is 0.473. The fraction of sp³-hybridized carbons (Fsp3) is 0.200. The van der Waals surface area contributed by atoms with Crippen molar-refractivity contribution in [3.05, 3.63) is 24.3 Å². The van der Waals surface area contributed by atoms with Crippen LogP contribution in [0.5, 0.6) is 5.75 Å². The molecule has 0 aromatic carbocycles. The molecule has 0 spiro atoms. The molecule has 0 radical (unpaired) electrons. The lowest BCUT2D eigenvalue weighted by atomic mass is 10.3. The smallest absolute Gasteiger partial charge is 0.234 e. The number of hydrogen-bond donors (Lipinski definition) is 1. The van der Waals surface area contributed by atoms with E-state index in [0.717, 1.165) is 27.8 Å². The van der Waals surface area contributed by atoms with Gasteiger partial charge in [-0.3, -0.25) is 4.98 Å². The van der Waals surface area contributed by atoms with E-state index >= 15 is 0 Å². The van der Waals surface area contributed by atoms with Gasteiger partial charge in [-0.1, -0.05) is 18.3 Å². The molecule has 0 saturated carbocycles. The van der Waals surface area contributed by atoms with Gasteiger partial charge in [0.15, 0.2) is 5.82 Å². The van der Waals surface area contributed by atoms with Gasteiger partial charge in [-0.15, -0.1) is 10.2 Å². The van der Waals surface area contributed by atoms with Gasteiger partial charge in [-0.05, 0) is 6.07 Å². The van der Waals surface area contributed by atoms with E-state index in [4.69, 9.17) is 0 Å². The predicted octanol–water partition coefficient (Wildman–Crippen LogP) is 1.52. The van der Waals surface area contributed by atoms with Crippen molar-refractivity contribution in [1.82, 2.24) is 24.8 Å². The lowest BCUT2D eigenvalue weighted by Crippen LogP contribution is -1.93. The normalized spacial score (nSPS) is 11.1. The van der Waals surface area contributed by atoms with Crippen LogP contribution in [-0.4, -0.2) is 29.9 Å². The largest absolute Gasteiger partial charge is 0.506 e. The zero-order chi connectivity index (χ0) is 11.8. The van der Waals surface area contributed by atoms with Crippen LogP contribution in [0.4, 0.5) is 0 Å². The van der Waals surface area contributed by atoms with Crippen molar-refractivity contribution >= 4 is 16.3 Å². The Morgan fingerprint density at radius 1 is 1.35 bits per heavy atom. The van der Waals surface area contributed by atoms with Crippen LogP contribution in [0.2, 0.25) is 0 Å². The monoisotopic (exact) mass is 247 g/mol. The van der Waals surface area contributed by atoms with Gasteiger partial charge in [-0.2, -0.15) is 9.61 Å². The highest BCUT2D eigenvalue weighted by Gasteiger charge is 2.12. The summed E-state index contributed by atoms with van der Waals surface area (Å²) in [5, 5.41) is 22.6. The number of nitrogens with zero attached hydrogens (tertiary/aromatic N) is 5. The van der Waals surface area contributed by atoms with Crippen LogP contribution in [-0.2, 0) is 6.42 Å². The van der Waals surface area contributed by atoms with Crippen LogP contribution in [0, 0.1) is 0 Å². The second-order valence-electron chi connectivity index (χ2n) is 3.50. The summed E-state index contributed by atoms with van der Waals surface area (Å²) in [6.45, 7) is 2.01. The van der Waals surface area contributed by atoms with Crippen molar-refractivity contribution in [2.24, 2.45) is 0 Å². The first kappa shape index (κ1) is 10.2. The van der Waals surface area contributed by atoms with E-state index in [1.165, 1.54) is 17.5 Å². The third kappa shape index (κ3) is 1.64. The minimum atomic E-state index is 0.129. The highest BCUT2D eigenvalue weighted by molar-refractivity contribution is 7.19. The molecule has 0 saturated heterocycles. The van der Waals surface area contributed by atoms with Gasteiger partial charge in [0.05, 0.1) is 6.20 Å². The molecule has 0 bridgehead atoms. The summed E-state index contributed by atoms with van der Waals surface area (Å²) in [5.74, 6) is 0.958. The summed E-state index contributed by atoms with van der Waals surface area (Å²) in [4.78, 5) is 4.68. The Balaban J connectivity index is 2.15. The zero-order valence-corrected chi connectivity index (χ0v) is 9.85. The van der Waals surface area contributed by atoms with Crippen LogP contribution in [0.25, 0.3) is 15.5 Å². The van der Waals surface area contributed by atoms with Gasteiger partial charge in [0, 0.05) is 18.2 Å². The number of fused-ring (bicyclic) bond motifs is 1. The average molecular weight is 247 g/mol. The molecule has 6 nitrogen and oxygen atoms in total. The molecular weight excluding hydrogens is 238 g/mol. The maximum Gasteiger partial charge on any atom is 0.234 e. The maximum absolute atomic E-state index is 9.38. The van der Waals surface area contributed by atoms with E-state index in [1.54, 1.807) is 16.8 Å². The SMILES string of the molecule is CCc1nnc2sc(-c3cncc(O)c3)nn12. The molecule has 0 fully saturated rings. The minimum Gasteiger partial charge on any atom is -0.506 e. The second-order valence-corrected chi connectivity index (χ2v) is 4.46. The molecule has 7 heteroatoms. The first-order chi connectivity index (χ1) is 8.28. The van der Waals surface area contributed by atoms with Crippen molar-refractivity contribution < 1.29 is 5.11 Å². The number of rotatable bonds is 2. The van der Waals surface area contributed by atoms with Crippen LogP contribution >= 0.6 is 11.3 Å². The maximum atomic E-state index is 9.38. The molecule has 0 aliphatic heterocycles. The van der Waals surface area contributed by atoms with Crippen molar-refractivity contribution in [1.29, 1.82) is 0 Å². The van der Waals surface area contributed by atoms with Gasteiger partial charge >= 0.3 is 0 Å². The summed E-state index contributed by atoms with van der Waals surface area (Å²) >= 11 is 1.42. The Bertz CT molecular complexity index is 674. The van der Waals surface area contributed by atoms with Gasteiger partial charge in [0.2, 0.25) is 4.96 Å². The molecule has 0 unspecified atom stereocenters. The lowest BCUT2D eigenvalue weighted by Gasteiger charge is -1.95. The summed E-state index contributed by atoms with van der Waals surface area (Å²) < 4.78 is 1.73. The van der Waals surface area contributed by atoms with Gasteiger partial charge in [0.1, 0.15) is 10.8 Å². The van der Waals surface area contributed by atoms with E-state index < -0.39 is 0 Å². The molecule has 0 atom stereocenters. The van der Waals surface area contributed by atoms with Crippen LogP contribution < -0.4 is 0 Å². The summed E-state index contributed by atoms with van der Waals surface area (Å²) in [5.41, 5.74) is 0.780. The van der Waals surface area contributed by atoms with Crippen LogP contribution in [0.15, 0.2) is 18.5 Å². The molecule has 3 aromatic rings. The Kier molecular flexibility index (Phi) is 2.25. The minimum absolute atomic E-state index is 0.129. The van der Waals surface area contributed by atoms with Crippen molar-refractivity contribution in [3.8, 4) is 16.3 Å². The number of aromatic hydroxyl groups is 1. The fourth-order valence-electron chi connectivity index (χ4n) is 1.54. The summed E-state index contributed by atoms with van der Waals surface area (Å²) in [7, 11) is 0. The quantitative estimate of drug-likeness (QED) is 0.743. The number of hydrogen-bond acceptors (Lipinski definition) is 6. The molecule has 86 valence electrons. The molecule has 0 amide bonds. The van der Waals surface area contributed by atoms with E-state index in [1.807, 2.05) is 6.92 Å². The molecular formula is C10H9N5OS. The molecule has 0 aliphatic carbocycles. The molecule has 1 N–H and O–H groups in total. The summed E-state index contributed by atoms with van der Waals surface area (Å²) in [6, 6.07) is 1.63. The van der Waals surface area contributed by atoms with Gasteiger partial charge < -0.3 is 5.11 Å². The average Bonchev–Trinajstić information content (AvgIpc) is 2.87. The Morgan fingerprint density at radius 3 is 3.00 bits per heavy atom.